The van der Waals surface area contributed by atoms with Gasteiger partial charge >= 0.3 is 12.2 Å². The first-order valence-electron chi connectivity index (χ1n) is 11.2. The standard InChI is InChI=1S/C25H30ClN3O5/c1-3-18-8-10-20(11-9-18)28-23(31)34-17-25(12-14-29(15-13-25)24(32)33-2)22(30)27-16-19-6-4-5-7-21(19)26/h4-11H,3,12-17H2,1-2H3,(H,27,30)(H,28,31). The molecule has 1 heterocycles. The summed E-state index contributed by atoms with van der Waals surface area (Å²) in [5.74, 6) is -0.253. The van der Waals surface area contributed by atoms with Gasteiger partial charge in [-0.05, 0) is 48.6 Å². The van der Waals surface area contributed by atoms with Crippen LogP contribution in [0.1, 0.15) is 30.9 Å². The van der Waals surface area contributed by atoms with Crippen molar-refractivity contribution in [3.05, 3.63) is 64.7 Å². The van der Waals surface area contributed by atoms with Gasteiger partial charge in [-0.2, -0.15) is 0 Å². The molecule has 0 aromatic heterocycles. The van der Waals surface area contributed by atoms with E-state index in [1.54, 1.807) is 18.2 Å². The van der Waals surface area contributed by atoms with Crippen LogP contribution in [-0.2, 0) is 27.2 Å². The molecule has 0 atom stereocenters. The zero-order valence-electron chi connectivity index (χ0n) is 19.4. The lowest BCUT2D eigenvalue weighted by molar-refractivity contribution is -0.136. The van der Waals surface area contributed by atoms with Crippen molar-refractivity contribution in [1.29, 1.82) is 0 Å². The first-order chi connectivity index (χ1) is 16.4. The number of hydrogen-bond acceptors (Lipinski definition) is 5. The number of methoxy groups -OCH3 is 1. The maximum atomic E-state index is 13.3. The molecule has 2 aromatic rings. The van der Waals surface area contributed by atoms with Gasteiger partial charge in [-0.3, -0.25) is 10.1 Å². The first kappa shape index (κ1) is 25.4. The molecule has 9 heteroatoms. The Hall–Kier alpha value is -3.26. The van der Waals surface area contributed by atoms with E-state index < -0.39 is 17.6 Å². The molecule has 1 aliphatic heterocycles. The van der Waals surface area contributed by atoms with E-state index in [-0.39, 0.29) is 19.1 Å². The second kappa shape index (κ2) is 11.7. The number of ether oxygens (including phenoxy) is 2. The van der Waals surface area contributed by atoms with Gasteiger partial charge in [0.15, 0.2) is 0 Å². The summed E-state index contributed by atoms with van der Waals surface area (Å²) in [5, 5.41) is 6.18. The van der Waals surface area contributed by atoms with Gasteiger partial charge in [-0.25, -0.2) is 9.59 Å². The molecule has 0 radical (unpaired) electrons. The third-order valence-electron chi connectivity index (χ3n) is 6.12. The van der Waals surface area contributed by atoms with Crippen molar-refractivity contribution in [2.75, 3.05) is 32.1 Å². The molecule has 0 spiro atoms. The fourth-order valence-corrected chi connectivity index (χ4v) is 4.07. The van der Waals surface area contributed by atoms with E-state index >= 15 is 0 Å². The van der Waals surface area contributed by atoms with E-state index in [1.165, 1.54) is 12.0 Å². The number of carbonyl (C=O) groups is 3. The largest absolute Gasteiger partial charge is 0.453 e. The molecule has 2 N–H and O–H groups in total. The van der Waals surface area contributed by atoms with Crippen molar-refractivity contribution in [2.45, 2.75) is 32.7 Å². The Labute approximate surface area is 204 Å². The van der Waals surface area contributed by atoms with Crippen molar-refractivity contribution < 1.29 is 23.9 Å². The van der Waals surface area contributed by atoms with Crippen LogP contribution in [0.25, 0.3) is 0 Å². The second-order valence-corrected chi connectivity index (χ2v) is 8.67. The number of amides is 3. The third kappa shape index (κ3) is 6.41. The van der Waals surface area contributed by atoms with Gasteiger partial charge in [0.05, 0.1) is 12.5 Å². The number of benzene rings is 2. The lowest BCUT2D eigenvalue weighted by atomic mass is 9.78. The van der Waals surface area contributed by atoms with Crippen LogP contribution in [0.2, 0.25) is 5.02 Å². The quantitative estimate of drug-likeness (QED) is 0.594. The highest BCUT2D eigenvalue weighted by Gasteiger charge is 2.43. The fraction of sp³-hybridized carbons (Fsp3) is 0.400. The molecule has 1 saturated heterocycles. The average molecular weight is 488 g/mol. The third-order valence-corrected chi connectivity index (χ3v) is 6.49. The zero-order valence-corrected chi connectivity index (χ0v) is 20.2. The minimum Gasteiger partial charge on any atom is -0.453 e. The average Bonchev–Trinajstić information content (AvgIpc) is 2.87. The first-order valence-corrected chi connectivity index (χ1v) is 11.6. The molecule has 182 valence electrons. The smallest absolute Gasteiger partial charge is 0.411 e. The van der Waals surface area contributed by atoms with Crippen LogP contribution in [0.4, 0.5) is 15.3 Å². The molecule has 2 aromatic carbocycles. The summed E-state index contributed by atoms with van der Waals surface area (Å²) in [6.07, 6.45) is 0.473. The maximum absolute atomic E-state index is 13.3. The van der Waals surface area contributed by atoms with Crippen LogP contribution >= 0.6 is 11.6 Å². The Balaban J connectivity index is 1.66. The van der Waals surface area contributed by atoms with E-state index in [9.17, 15) is 14.4 Å². The summed E-state index contributed by atoms with van der Waals surface area (Å²) >= 11 is 6.21. The number of aryl methyl sites for hydroxylation is 1. The zero-order chi connectivity index (χ0) is 24.6. The number of rotatable bonds is 7. The normalized spacial score (nSPS) is 14.7. The number of halogens is 1. The fourth-order valence-electron chi connectivity index (χ4n) is 3.87. The van der Waals surface area contributed by atoms with Crippen molar-refractivity contribution in [3.8, 4) is 0 Å². The van der Waals surface area contributed by atoms with E-state index in [2.05, 4.69) is 17.6 Å². The number of anilines is 1. The van der Waals surface area contributed by atoms with Crippen LogP contribution in [-0.4, -0.2) is 49.8 Å². The highest BCUT2D eigenvalue weighted by molar-refractivity contribution is 6.31. The van der Waals surface area contributed by atoms with Crippen LogP contribution in [0, 0.1) is 5.41 Å². The van der Waals surface area contributed by atoms with Gasteiger partial charge in [-0.15, -0.1) is 0 Å². The molecule has 8 nitrogen and oxygen atoms in total. The van der Waals surface area contributed by atoms with E-state index in [0.717, 1.165) is 17.5 Å². The maximum Gasteiger partial charge on any atom is 0.411 e. The van der Waals surface area contributed by atoms with E-state index in [4.69, 9.17) is 21.1 Å². The number of nitrogens with one attached hydrogen (secondary N) is 2. The van der Waals surface area contributed by atoms with Gasteiger partial charge in [0.25, 0.3) is 0 Å². The van der Waals surface area contributed by atoms with Gasteiger partial charge in [0, 0.05) is 30.3 Å². The molecule has 34 heavy (non-hydrogen) atoms. The topological polar surface area (TPSA) is 97.0 Å². The van der Waals surface area contributed by atoms with Crippen molar-refractivity contribution in [1.82, 2.24) is 10.2 Å². The number of hydrogen-bond donors (Lipinski definition) is 2. The number of likely N-dealkylation sites (tertiary alicyclic amines) is 1. The predicted octanol–water partition coefficient (Wildman–Crippen LogP) is 4.62. The molecular formula is C25H30ClN3O5. The van der Waals surface area contributed by atoms with E-state index in [0.29, 0.717) is 36.6 Å². The summed E-state index contributed by atoms with van der Waals surface area (Å²) in [6.45, 7) is 2.82. The molecule has 3 amide bonds. The molecule has 1 fully saturated rings. The summed E-state index contributed by atoms with van der Waals surface area (Å²) in [6, 6.07) is 14.7. The Kier molecular flexibility index (Phi) is 8.76. The van der Waals surface area contributed by atoms with Gasteiger partial charge in [0.2, 0.25) is 5.91 Å². The molecule has 0 saturated carbocycles. The number of piperidine rings is 1. The van der Waals surface area contributed by atoms with Crippen LogP contribution < -0.4 is 10.6 Å². The summed E-state index contributed by atoms with van der Waals surface area (Å²) in [4.78, 5) is 39.2. The molecule has 0 unspecified atom stereocenters. The van der Waals surface area contributed by atoms with E-state index in [1.807, 2.05) is 30.3 Å². The van der Waals surface area contributed by atoms with Gasteiger partial charge < -0.3 is 19.7 Å². The van der Waals surface area contributed by atoms with Gasteiger partial charge in [-0.1, -0.05) is 48.9 Å². The highest BCUT2D eigenvalue weighted by Crippen LogP contribution is 2.33. The number of nitrogens with zero attached hydrogens (tertiary/aromatic N) is 1. The molecule has 0 aliphatic carbocycles. The Morgan fingerprint density at radius 3 is 2.35 bits per heavy atom. The lowest BCUT2D eigenvalue weighted by Crippen LogP contribution is -2.52. The SMILES string of the molecule is CCc1ccc(NC(=O)OCC2(C(=O)NCc3ccccc3Cl)CCN(C(=O)OC)CC2)cc1. The predicted molar refractivity (Wildman–Crippen MR) is 130 cm³/mol. The molecule has 3 rings (SSSR count). The number of carbonyl (C=O) groups excluding carboxylic acids is 3. The second-order valence-electron chi connectivity index (χ2n) is 8.26. The van der Waals surface area contributed by atoms with Crippen LogP contribution in [0.5, 0.6) is 0 Å². The van der Waals surface area contributed by atoms with Crippen LogP contribution in [0.15, 0.2) is 48.5 Å². The van der Waals surface area contributed by atoms with Gasteiger partial charge in [0.1, 0.15) is 6.61 Å². The summed E-state index contributed by atoms with van der Waals surface area (Å²) < 4.78 is 10.3. The van der Waals surface area contributed by atoms with Crippen molar-refractivity contribution in [3.63, 3.8) is 0 Å². The molecular weight excluding hydrogens is 458 g/mol. The molecule has 0 bridgehead atoms. The Bertz CT molecular complexity index is 1000. The van der Waals surface area contributed by atoms with Crippen molar-refractivity contribution >= 4 is 35.4 Å². The monoisotopic (exact) mass is 487 g/mol. The summed E-state index contributed by atoms with van der Waals surface area (Å²) in [7, 11) is 1.32. The van der Waals surface area contributed by atoms with Crippen LogP contribution in [0.3, 0.4) is 0 Å². The Morgan fingerprint density at radius 1 is 1.06 bits per heavy atom. The Morgan fingerprint density at radius 2 is 1.74 bits per heavy atom. The molecule has 1 aliphatic rings. The van der Waals surface area contributed by atoms with Crippen molar-refractivity contribution in [2.24, 2.45) is 5.41 Å². The highest BCUT2D eigenvalue weighted by atomic mass is 35.5. The lowest BCUT2D eigenvalue weighted by Gasteiger charge is -2.39. The minimum atomic E-state index is -0.977. The summed E-state index contributed by atoms with van der Waals surface area (Å²) in [5.41, 5.74) is 1.58. The minimum absolute atomic E-state index is 0.116.